The van der Waals surface area contributed by atoms with Gasteiger partial charge in [-0.15, -0.1) is 0 Å². The molecule has 3 aromatic rings. The van der Waals surface area contributed by atoms with Gasteiger partial charge in [0.05, 0.1) is 0 Å². The first-order valence-electron chi connectivity index (χ1n) is 7.89. The van der Waals surface area contributed by atoms with Crippen LogP contribution in [0.25, 0.3) is 0 Å². The zero-order valence-electron chi connectivity index (χ0n) is 13.4. The second-order valence-corrected chi connectivity index (χ2v) is 5.97. The number of hydrogen-bond donors (Lipinski definition) is 2. The van der Waals surface area contributed by atoms with Crippen LogP contribution < -0.4 is 11.5 Å². The first kappa shape index (κ1) is 15.2. The molecule has 0 aliphatic carbocycles. The Morgan fingerprint density at radius 1 is 0.739 bits per heavy atom. The van der Waals surface area contributed by atoms with Crippen molar-refractivity contribution >= 4 is 11.4 Å². The molecule has 0 spiro atoms. The summed E-state index contributed by atoms with van der Waals surface area (Å²) in [4.78, 5) is 0. The Morgan fingerprint density at radius 3 is 1.83 bits per heavy atom. The average molecular weight is 302 g/mol. The van der Waals surface area contributed by atoms with E-state index in [0.29, 0.717) is 0 Å². The molecular weight excluding hydrogens is 280 g/mol. The highest BCUT2D eigenvalue weighted by atomic mass is 14.6. The fourth-order valence-corrected chi connectivity index (χ4v) is 2.92. The molecule has 0 bridgehead atoms. The van der Waals surface area contributed by atoms with Crippen molar-refractivity contribution in [2.75, 3.05) is 11.5 Å². The number of hydrogen-bond acceptors (Lipinski definition) is 2. The summed E-state index contributed by atoms with van der Waals surface area (Å²) in [7, 11) is 0. The minimum absolute atomic E-state index is 0.769. The van der Waals surface area contributed by atoms with E-state index in [9.17, 15) is 0 Å². The van der Waals surface area contributed by atoms with E-state index in [4.69, 9.17) is 11.5 Å². The van der Waals surface area contributed by atoms with E-state index in [1.807, 2.05) is 19.1 Å². The predicted molar refractivity (Wildman–Crippen MR) is 98.5 cm³/mol. The summed E-state index contributed by atoms with van der Waals surface area (Å²) in [5, 5.41) is 0. The second kappa shape index (κ2) is 6.57. The number of nitrogen functional groups attached to an aromatic ring is 2. The van der Waals surface area contributed by atoms with Crippen LogP contribution in [0.4, 0.5) is 11.4 Å². The molecule has 0 heterocycles. The Labute approximate surface area is 137 Å². The van der Waals surface area contributed by atoms with Crippen molar-refractivity contribution in [3.8, 4) is 0 Å². The molecular formula is C21H22N2. The van der Waals surface area contributed by atoms with Gasteiger partial charge < -0.3 is 11.5 Å². The van der Waals surface area contributed by atoms with Gasteiger partial charge in [-0.1, -0.05) is 60.7 Å². The van der Waals surface area contributed by atoms with Gasteiger partial charge >= 0.3 is 0 Å². The molecule has 23 heavy (non-hydrogen) atoms. The highest BCUT2D eigenvalue weighted by molar-refractivity contribution is 5.68. The predicted octanol–water partition coefficient (Wildman–Crippen LogP) is 4.34. The summed E-state index contributed by atoms with van der Waals surface area (Å²) in [6.45, 7) is 1.99. The summed E-state index contributed by atoms with van der Waals surface area (Å²) in [6.07, 6.45) is 1.67. The minimum atomic E-state index is 0.769. The minimum Gasteiger partial charge on any atom is -0.398 e. The molecule has 0 aliphatic heterocycles. The summed E-state index contributed by atoms with van der Waals surface area (Å²) in [5.74, 6) is 0. The third-order valence-electron chi connectivity index (χ3n) is 4.34. The third-order valence-corrected chi connectivity index (χ3v) is 4.34. The molecule has 0 aromatic heterocycles. The van der Waals surface area contributed by atoms with Crippen LogP contribution in [0.1, 0.15) is 27.8 Å². The third kappa shape index (κ3) is 3.37. The maximum absolute atomic E-state index is 6.41. The fraction of sp³-hybridized carbons (Fsp3) is 0.143. The van der Waals surface area contributed by atoms with E-state index in [-0.39, 0.29) is 0 Å². The highest BCUT2D eigenvalue weighted by Gasteiger charge is 2.13. The van der Waals surface area contributed by atoms with E-state index < -0.39 is 0 Å². The Bertz CT molecular complexity index is 793. The molecule has 0 saturated carbocycles. The molecule has 0 fully saturated rings. The monoisotopic (exact) mass is 302 g/mol. The average Bonchev–Trinajstić information content (AvgIpc) is 2.58. The molecule has 3 rings (SSSR count). The van der Waals surface area contributed by atoms with E-state index >= 15 is 0 Å². The van der Waals surface area contributed by atoms with Crippen LogP contribution in [0.5, 0.6) is 0 Å². The van der Waals surface area contributed by atoms with E-state index in [1.54, 1.807) is 0 Å². The zero-order valence-corrected chi connectivity index (χ0v) is 13.4. The Balaban J connectivity index is 2.03. The molecule has 3 aromatic carbocycles. The maximum Gasteiger partial charge on any atom is 0.0403 e. The topological polar surface area (TPSA) is 52.0 Å². The van der Waals surface area contributed by atoms with Crippen LogP contribution in [-0.4, -0.2) is 0 Å². The first-order valence-corrected chi connectivity index (χ1v) is 7.89. The number of rotatable bonds is 4. The molecule has 0 radical (unpaired) electrons. The largest absolute Gasteiger partial charge is 0.398 e. The standard InChI is InChI=1S/C21H22N2/c1-15-20(22)14-18(12-16-8-4-2-5-9-16)19(21(15)23)13-17-10-6-3-7-11-17/h2-11,14H,12-13,22-23H2,1H3. The molecule has 0 saturated heterocycles. The summed E-state index contributed by atoms with van der Waals surface area (Å²) >= 11 is 0. The number of anilines is 2. The van der Waals surface area contributed by atoms with Gasteiger partial charge in [-0.3, -0.25) is 0 Å². The lowest BCUT2D eigenvalue weighted by Gasteiger charge is -2.17. The Morgan fingerprint density at radius 2 is 1.26 bits per heavy atom. The van der Waals surface area contributed by atoms with Crippen molar-refractivity contribution < 1.29 is 0 Å². The van der Waals surface area contributed by atoms with Crippen LogP contribution in [0.3, 0.4) is 0 Å². The van der Waals surface area contributed by atoms with E-state index in [1.165, 1.54) is 22.3 Å². The molecule has 0 amide bonds. The van der Waals surface area contributed by atoms with Crippen LogP contribution in [0.15, 0.2) is 66.7 Å². The molecule has 0 aliphatic rings. The number of benzene rings is 3. The summed E-state index contributed by atoms with van der Waals surface area (Å²) in [6, 6.07) is 22.9. The van der Waals surface area contributed by atoms with Crippen molar-refractivity contribution in [3.63, 3.8) is 0 Å². The smallest absolute Gasteiger partial charge is 0.0403 e. The highest BCUT2D eigenvalue weighted by Crippen LogP contribution is 2.30. The van der Waals surface area contributed by atoms with Crippen molar-refractivity contribution in [1.29, 1.82) is 0 Å². The van der Waals surface area contributed by atoms with Gasteiger partial charge in [-0.05, 0) is 53.6 Å². The van der Waals surface area contributed by atoms with Gasteiger partial charge in [0.25, 0.3) is 0 Å². The number of nitrogens with two attached hydrogens (primary N) is 2. The lowest BCUT2D eigenvalue weighted by atomic mass is 9.91. The van der Waals surface area contributed by atoms with E-state index in [2.05, 4.69) is 54.6 Å². The maximum atomic E-state index is 6.41. The van der Waals surface area contributed by atoms with E-state index in [0.717, 1.165) is 29.8 Å². The van der Waals surface area contributed by atoms with Crippen molar-refractivity contribution in [2.45, 2.75) is 19.8 Å². The van der Waals surface area contributed by atoms with Gasteiger partial charge in [0.1, 0.15) is 0 Å². The molecule has 0 atom stereocenters. The van der Waals surface area contributed by atoms with Gasteiger partial charge in [0, 0.05) is 11.4 Å². The lowest BCUT2D eigenvalue weighted by molar-refractivity contribution is 1.09. The van der Waals surface area contributed by atoms with Gasteiger partial charge in [0.15, 0.2) is 0 Å². The van der Waals surface area contributed by atoms with Crippen molar-refractivity contribution in [1.82, 2.24) is 0 Å². The van der Waals surface area contributed by atoms with Gasteiger partial charge in [0.2, 0.25) is 0 Å². The Hall–Kier alpha value is -2.74. The van der Waals surface area contributed by atoms with Gasteiger partial charge in [-0.2, -0.15) is 0 Å². The Kier molecular flexibility index (Phi) is 4.33. The van der Waals surface area contributed by atoms with Crippen LogP contribution in [0.2, 0.25) is 0 Å². The zero-order chi connectivity index (χ0) is 16.2. The SMILES string of the molecule is Cc1c(N)cc(Cc2ccccc2)c(Cc2ccccc2)c1N. The molecule has 2 nitrogen and oxygen atoms in total. The molecule has 0 unspecified atom stereocenters. The summed E-state index contributed by atoms with van der Waals surface area (Å²) in [5.41, 5.74) is 20.1. The normalized spacial score (nSPS) is 10.7. The van der Waals surface area contributed by atoms with Crippen LogP contribution in [0, 0.1) is 6.92 Å². The van der Waals surface area contributed by atoms with Gasteiger partial charge in [-0.25, -0.2) is 0 Å². The fourth-order valence-electron chi connectivity index (χ4n) is 2.92. The van der Waals surface area contributed by atoms with Crippen molar-refractivity contribution in [3.05, 3.63) is 94.5 Å². The van der Waals surface area contributed by atoms with Crippen molar-refractivity contribution in [2.24, 2.45) is 0 Å². The molecule has 2 heteroatoms. The first-order chi connectivity index (χ1) is 11.1. The quantitative estimate of drug-likeness (QED) is 0.704. The molecule has 116 valence electrons. The summed E-state index contributed by atoms with van der Waals surface area (Å²) < 4.78 is 0. The lowest BCUT2D eigenvalue weighted by Crippen LogP contribution is -2.07. The second-order valence-electron chi connectivity index (χ2n) is 5.97. The van der Waals surface area contributed by atoms with Crippen LogP contribution >= 0.6 is 0 Å². The molecule has 4 N–H and O–H groups in total. The van der Waals surface area contributed by atoms with Crippen LogP contribution in [-0.2, 0) is 12.8 Å².